The summed E-state index contributed by atoms with van der Waals surface area (Å²) < 4.78 is 0. The van der Waals surface area contributed by atoms with E-state index in [0.717, 1.165) is 25.9 Å². The van der Waals surface area contributed by atoms with Crippen molar-refractivity contribution >= 4 is 17.2 Å². The Labute approximate surface area is 113 Å². The minimum Gasteiger partial charge on any atom is -0.336 e. The number of aryl methyl sites for hydroxylation is 1. The fraction of sp³-hybridized carbons (Fsp3) is 0.643. The first kappa shape index (κ1) is 13.6. The first-order valence-electron chi connectivity index (χ1n) is 6.65. The van der Waals surface area contributed by atoms with Crippen molar-refractivity contribution < 1.29 is 4.79 Å². The number of thiophene rings is 1. The second-order valence-corrected chi connectivity index (χ2v) is 6.30. The van der Waals surface area contributed by atoms with E-state index in [1.807, 2.05) is 4.90 Å². The van der Waals surface area contributed by atoms with Gasteiger partial charge in [-0.3, -0.25) is 4.79 Å². The van der Waals surface area contributed by atoms with Crippen LogP contribution in [-0.4, -0.2) is 29.4 Å². The van der Waals surface area contributed by atoms with Crippen molar-refractivity contribution in [3.05, 3.63) is 21.9 Å². The van der Waals surface area contributed by atoms with Gasteiger partial charge in [-0.15, -0.1) is 11.3 Å². The highest BCUT2D eigenvalue weighted by Crippen LogP contribution is 2.21. The Kier molecular flexibility index (Phi) is 4.40. The zero-order chi connectivity index (χ0) is 13.1. The van der Waals surface area contributed by atoms with Crippen LogP contribution < -0.4 is 5.32 Å². The lowest BCUT2D eigenvalue weighted by atomic mass is 10.0. The summed E-state index contributed by atoms with van der Waals surface area (Å²) in [4.78, 5) is 15.7. The van der Waals surface area contributed by atoms with Crippen LogP contribution in [0, 0.1) is 6.92 Å². The Balaban J connectivity index is 2.00. The van der Waals surface area contributed by atoms with Crippen molar-refractivity contribution in [1.29, 1.82) is 0 Å². The number of rotatable bonds is 4. The van der Waals surface area contributed by atoms with Gasteiger partial charge >= 0.3 is 0 Å². The van der Waals surface area contributed by atoms with Crippen LogP contribution in [-0.2, 0) is 11.3 Å². The Morgan fingerprint density at radius 2 is 2.33 bits per heavy atom. The SMILES string of the molecule is Cc1ccsc1CN1CCCC(NC(C)C)C1=O. The van der Waals surface area contributed by atoms with E-state index < -0.39 is 0 Å². The van der Waals surface area contributed by atoms with Gasteiger partial charge in [0.25, 0.3) is 0 Å². The van der Waals surface area contributed by atoms with Gasteiger partial charge < -0.3 is 10.2 Å². The molecule has 2 rings (SSSR count). The molecule has 1 aliphatic heterocycles. The molecule has 1 aromatic rings. The maximum Gasteiger partial charge on any atom is 0.240 e. The summed E-state index contributed by atoms with van der Waals surface area (Å²) >= 11 is 1.75. The van der Waals surface area contributed by atoms with Gasteiger partial charge in [-0.1, -0.05) is 13.8 Å². The highest BCUT2D eigenvalue weighted by atomic mass is 32.1. The van der Waals surface area contributed by atoms with Crippen molar-refractivity contribution in [3.8, 4) is 0 Å². The maximum atomic E-state index is 12.4. The molecule has 3 nitrogen and oxygen atoms in total. The topological polar surface area (TPSA) is 32.3 Å². The van der Waals surface area contributed by atoms with Gasteiger partial charge in [0.15, 0.2) is 0 Å². The van der Waals surface area contributed by atoms with E-state index in [4.69, 9.17) is 0 Å². The molecule has 1 unspecified atom stereocenters. The van der Waals surface area contributed by atoms with E-state index in [0.29, 0.717) is 6.04 Å². The van der Waals surface area contributed by atoms with E-state index in [2.05, 4.69) is 37.5 Å². The van der Waals surface area contributed by atoms with Crippen LogP contribution in [0.1, 0.15) is 37.1 Å². The first-order valence-corrected chi connectivity index (χ1v) is 7.53. The quantitative estimate of drug-likeness (QED) is 0.908. The molecule has 1 N–H and O–H groups in total. The fourth-order valence-corrected chi connectivity index (χ4v) is 3.31. The molecule has 2 heterocycles. The highest BCUT2D eigenvalue weighted by Gasteiger charge is 2.29. The van der Waals surface area contributed by atoms with Crippen molar-refractivity contribution in [2.75, 3.05) is 6.54 Å². The van der Waals surface area contributed by atoms with Gasteiger partial charge in [0.2, 0.25) is 5.91 Å². The predicted octanol–water partition coefficient (Wildman–Crippen LogP) is 2.55. The van der Waals surface area contributed by atoms with E-state index in [9.17, 15) is 4.79 Å². The second kappa shape index (κ2) is 5.85. The molecule has 1 aromatic heterocycles. The molecule has 4 heteroatoms. The molecule has 1 atom stereocenters. The summed E-state index contributed by atoms with van der Waals surface area (Å²) in [5, 5.41) is 5.47. The molecular weight excluding hydrogens is 244 g/mol. The van der Waals surface area contributed by atoms with E-state index in [-0.39, 0.29) is 11.9 Å². The van der Waals surface area contributed by atoms with Crippen LogP contribution in [0.2, 0.25) is 0 Å². The summed E-state index contributed by atoms with van der Waals surface area (Å²) in [7, 11) is 0. The maximum absolute atomic E-state index is 12.4. The number of hydrogen-bond donors (Lipinski definition) is 1. The molecule has 1 aliphatic rings. The number of piperidine rings is 1. The summed E-state index contributed by atoms with van der Waals surface area (Å²) in [5.74, 6) is 0.266. The number of likely N-dealkylation sites (tertiary alicyclic amines) is 1. The number of nitrogens with one attached hydrogen (secondary N) is 1. The van der Waals surface area contributed by atoms with Crippen molar-refractivity contribution in [3.63, 3.8) is 0 Å². The van der Waals surface area contributed by atoms with Crippen LogP contribution in [0.5, 0.6) is 0 Å². The Morgan fingerprint density at radius 3 is 2.94 bits per heavy atom. The van der Waals surface area contributed by atoms with E-state index in [1.165, 1.54) is 10.4 Å². The third-order valence-electron chi connectivity index (χ3n) is 3.37. The lowest BCUT2D eigenvalue weighted by molar-refractivity contribution is -0.136. The van der Waals surface area contributed by atoms with Gasteiger partial charge in [0.05, 0.1) is 12.6 Å². The van der Waals surface area contributed by atoms with Crippen LogP contribution in [0.3, 0.4) is 0 Å². The van der Waals surface area contributed by atoms with Crippen molar-refractivity contribution in [2.24, 2.45) is 0 Å². The van der Waals surface area contributed by atoms with Crippen molar-refractivity contribution in [1.82, 2.24) is 10.2 Å². The number of hydrogen-bond acceptors (Lipinski definition) is 3. The van der Waals surface area contributed by atoms with Gasteiger partial charge in [-0.05, 0) is 36.8 Å². The fourth-order valence-electron chi connectivity index (χ4n) is 2.39. The molecule has 18 heavy (non-hydrogen) atoms. The standard InChI is InChI=1S/C14H22N2OS/c1-10(2)15-12-5-4-7-16(14(12)17)9-13-11(3)6-8-18-13/h6,8,10,12,15H,4-5,7,9H2,1-3H3. The summed E-state index contributed by atoms with van der Waals surface area (Å²) in [5.41, 5.74) is 1.30. The summed E-state index contributed by atoms with van der Waals surface area (Å²) in [6, 6.07) is 2.50. The molecule has 1 fully saturated rings. The lowest BCUT2D eigenvalue weighted by Gasteiger charge is -2.33. The zero-order valence-electron chi connectivity index (χ0n) is 11.4. The van der Waals surface area contributed by atoms with Gasteiger partial charge in [0.1, 0.15) is 0 Å². The highest BCUT2D eigenvalue weighted by molar-refractivity contribution is 7.10. The Bertz CT molecular complexity index is 414. The van der Waals surface area contributed by atoms with Crippen LogP contribution >= 0.6 is 11.3 Å². The normalized spacial score (nSPS) is 20.8. The molecule has 0 aromatic carbocycles. The molecule has 100 valence electrons. The number of amides is 1. The Morgan fingerprint density at radius 1 is 1.56 bits per heavy atom. The monoisotopic (exact) mass is 266 g/mol. The predicted molar refractivity (Wildman–Crippen MR) is 75.8 cm³/mol. The van der Waals surface area contributed by atoms with E-state index in [1.54, 1.807) is 11.3 Å². The minimum absolute atomic E-state index is 0.0130. The molecule has 1 amide bonds. The average molecular weight is 266 g/mol. The molecule has 1 saturated heterocycles. The first-order chi connectivity index (χ1) is 8.58. The average Bonchev–Trinajstić information content (AvgIpc) is 2.70. The number of carbonyl (C=O) groups excluding carboxylic acids is 1. The van der Waals surface area contributed by atoms with Gasteiger partial charge in [0, 0.05) is 17.5 Å². The van der Waals surface area contributed by atoms with E-state index >= 15 is 0 Å². The summed E-state index contributed by atoms with van der Waals surface area (Å²) in [6.45, 7) is 7.97. The molecule has 0 bridgehead atoms. The largest absolute Gasteiger partial charge is 0.336 e. The second-order valence-electron chi connectivity index (χ2n) is 5.30. The molecule has 0 saturated carbocycles. The third kappa shape index (κ3) is 3.12. The number of carbonyl (C=O) groups is 1. The Hall–Kier alpha value is -0.870. The molecule has 0 radical (unpaired) electrons. The summed E-state index contributed by atoms with van der Waals surface area (Å²) in [6.07, 6.45) is 2.07. The molecule has 0 aliphatic carbocycles. The number of nitrogens with zero attached hydrogens (tertiary/aromatic N) is 1. The van der Waals surface area contributed by atoms with Gasteiger partial charge in [-0.2, -0.15) is 0 Å². The smallest absolute Gasteiger partial charge is 0.240 e. The third-order valence-corrected chi connectivity index (χ3v) is 4.38. The van der Waals surface area contributed by atoms with Crippen molar-refractivity contribution in [2.45, 2.75) is 52.2 Å². The minimum atomic E-state index is 0.0130. The zero-order valence-corrected chi connectivity index (χ0v) is 12.2. The van der Waals surface area contributed by atoms with Crippen LogP contribution in [0.4, 0.5) is 0 Å². The van der Waals surface area contributed by atoms with Gasteiger partial charge in [-0.25, -0.2) is 0 Å². The molecular formula is C14H22N2OS. The lowest BCUT2D eigenvalue weighted by Crippen LogP contribution is -2.51. The molecule has 0 spiro atoms. The van der Waals surface area contributed by atoms with Crippen LogP contribution in [0.25, 0.3) is 0 Å². The van der Waals surface area contributed by atoms with Crippen LogP contribution in [0.15, 0.2) is 11.4 Å².